The van der Waals surface area contributed by atoms with E-state index >= 15 is 0 Å². The van der Waals surface area contributed by atoms with Gasteiger partial charge in [-0.1, -0.05) is 31.2 Å². The van der Waals surface area contributed by atoms with Crippen LogP contribution in [0.2, 0.25) is 0 Å². The van der Waals surface area contributed by atoms with Gasteiger partial charge in [-0.3, -0.25) is 4.90 Å². The quantitative estimate of drug-likeness (QED) is 0.509. The number of rotatable bonds is 5. The fraction of sp³-hybridized carbons (Fsp3) is 0.667. The fourth-order valence-corrected chi connectivity index (χ4v) is 3.28. The van der Waals surface area contributed by atoms with E-state index in [2.05, 4.69) is 53.2 Å². The second-order valence-electron chi connectivity index (χ2n) is 6.86. The first kappa shape index (κ1) is 17.0. The highest BCUT2D eigenvalue weighted by Crippen LogP contribution is 2.19. The van der Waals surface area contributed by atoms with Crippen LogP contribution in [-0.4, -0.2) is 59.7 Å². The fourth-order valence-electron chi connectivity index (χ4n) is 3.28. The Balaban J connectivity index is 1.61. The predicted molar refractivity (Wildman–Crippen MR) is 96.1 cm³/mol. The van der Waals surface area contributed by atoms with Gasteiger partial charge < -0.3 is 14.7 Å². The molecule has 1 atom stereocenters. The molecule has 0 aliphatic carbocycles. The third kappa shape index (κ3) is 3.98. The first-order chi connectivity index (χ1) is 11.7. The number of aromatic nitrogens is 1. The summed E-state index contributed by atoms with van der Waals surface area (Å²) in [5.41, 5.74) is 0.993. The molecule has 6 nitrogen and oxygen atoms in total. The lowest BCUT2D eigenvalue weighted by molar-refractivity contribution is 0.259. The first-order valence-electron chi connectivity index (χ1n) is 9.05. The normalized spacial score (nSPS) is 22.1. The zero-order chi connectivity index (χ0) is 16.9. The lowest BCUT2D eigenvalue weighted by Gasteiger charge is -2.25. The molecule has 24 heavy (non-hydrogen) atoms. The third-order valence-corrected chi connectivity index (χ3v) is 4.71. The molecule has 0 spiro atoms. The molecule has 1 fully saturated rings. The minimum Gasteiger partial charge on any atom is -0.359 e. The number of likely N-dealkylation sites (tertiary alicyclic amines) is 1. The van der Waals surface area contributed by atoms with Gasteiger partial charge in [0.05, 0.1) is 5.69 Å². The average molecular weight is 331 g/mol. The Morgan fingerprint density at radius 2 is 2.21 bits per heavy atom. The molecule has 2 aliphatic heterocycles. The van der Waals surface area contributed by atoms with Crippen molar-refractivity contribution in [2.45, 2.75) is 45.7 Å². The van der Waals surface area contributed by atoms with E-state index in [9.17, 15) is 0 Å². The van der Waals surface area contributed by atoms with Crippen molar-refractivity contribution in [3.8, 4) is 0 Å². The maximum Gasteiger partial charge on any atom is 0.194 e. The summed E-state index contributed by atoms with van der Waals surface area (Å²) in [4.78, 5) is 9.67. The van der Waals surface area contributed by atoms with E-state index in [1.807, 2.05) is 6.07 Å². The highest BCUT2D eigenvalue weighted by molar-refractivity contribution is 5.80. The first-order valence-corrected chi connectivity index (χ1v) is 9.05. The molecule has 1 unspecified atom stereocenters. The van der Waals surface area contributed by atoms with Crippen LogP contribution in [0.3, 0.4) is 0 Å². The van der Waals surface area contributed by atoms with E-state index in [0.29, 0.717) is 18.5 Å². The number of guanidine groups is 1. The van der Waals surface area contributed by atoms with Gasteiger partial charge in [-0.25, -0.2) is 4.99 Å². The third-order valence-electron chi connectivity index (χ3n) is 4.71. The van der Waals surface area contributed by atoms with Gasteiger partial charge in [-0.2, -0.15) is 0 Å². The number of hydrogen-bond acceptors (Lipinski definition) is 4. The molecule has 1 saturated heterocycles. The van der Waals surface area contributed by atoms with Crippen LogP contribution in [0.25, 0.3) is 0 Å². The Hall–Kier alpha value is -1.82. The van der Waals surface area contributed by atoms with E-state index in [1.165, 1.54) is 6.42 Å². The molecule has 1 aromatic heterocycles. The molecule has 6 heteroatoms. The van der Waals surface area contributed by atoms with Crippen molar-refractivity contribution in [1.29, 1.82) is 0 Å². The van der Waals surface area contributed by atoms with Gasteiger partial charge in [-0.05, 0) is 19.3 Å². The maximum absolute atomic E-state index is 5.40. The Labute approximate surface area is 144 Å². The van der Waals surface area contributed by atoms with E-state index in [4.69, 9.17) is 9.52 Å². The van der Waals surface area contributed by atoms with Crippen molar-refractivity contribution in [3.63, 3.8) is 0 Å². The van der Waals surface area contributed by atoms with Crippen LogP contribution in [0.4, 0.5) is 0 Å². The van der Waals surface area contributed by atoms with Gasteiger partial charge in [-0.15, -0.1) is 0 Å². The number of hydrogen-bond donors (Lipinski definition) is 1. The van der Waals surface area contributed by atoms with Crippen molar-refractivity contribution < 1.29 is 4.52 Å². The van der Waals surface area contributed by atoms with E-state index in [0.717, 1.165) is 50.1 Å². The molecular weight excluding hydrogens is 302 g/mol. The molecule has 3 rings (SSSR count). The van der Waals surface area contributed by atoms with Crippen LogP contribution < -0.4 is 5.32 Å². The summed E-state index contributed by atoms with van der Waals surface area (Å²) in [6.07, 6.45) is 5.72. The van der Waals surface area contributed by atoms with Gasteiger partial charge in [0.1, 0.15) is 6.54 Å². The monoisotopic (exact) mass is 331 g/mol. The van der Waals surface area contributed by atoms with Gasteiger partial charge in [0.2, 0.25) is 0 Å². The molecule has 0 aromatic carbocycles. The summed E-state index contributed by atoms with van der Waals surface area (Å²) in [6.45, 7) is 12.0. The van der Waals surface area contributed by atoms with Crippen LogP contribution in [0.5, 0.6) is 0 Å². The molecule has 0 saturated carbocycles. The second-order valence-corrected chi connectivity index (χ2v) is 6.86. The van der Waals surface area contributed by atoms with E-state index in [-0.39, 0.29) is 0 Å². The highest BCUT2D eigenvalue weighted by atomic mass is 16.5. The zero-order valence-corrected chi connectivity index (χ0v) is 15.0. The minimum absolute atomic E-state index is 0.383. The average Bonchev–Trinajstić information content (AvgIpc) is 3.32. The summed E-state index contributed by atoms with van der Waals surface area (Å²) >= 11 is 0. The SMILES string of the molecule is CCNC(=NCc1cc(C(C)C)no1)N1CCC(N2CC=CC2)C1. The van der Waals surface area contributed by atoms with E-state index in [1.54, 1.807) is 0 Å². The lowest BCUT2D eigenvalue weighted by Crippen LogP contribution is -2.42. The number of nitrogens with zero attached hydrogens (tertiary/aromatic N) is 4. The topological polar surface area (TPSA) is 56.9 Å². The molecule has 0 bridgehead atoms. The van der Waals surface area contributed by atoms with Gasteiger partial charge in [0.15, 0.2) is 11.7 Å². The van der Waals surface area contributed by atoms with Crippen LogP contribution in [-0.2, 0) is 6.54 Å². The molecule has 0 amide bonds. The smallest absolute Gasteiger partial charge is 0.194 e. The predicted octanol–water partition coefficient (Wildman–Crippen LogP) is 2.21. The molecule has 2 aliphatic rings. The van der Waals surface area contributed by atoms with Gasteiger partial charge in [0, 0.05) is 44.8 Å². The van der Waals surface area contributed by atoms with Gasteiger partial charge in [0.25, 0.3) is 0 Å². The molecule has 0 radical (unpaired) electrons. The van der Waals surface area contributed by atoms with Crippen molar-refractivity contribution in [2.75, 3.05) is 32.7 Å². The Morgan fingerprint density at radius 1 is 1.42 bits per heavy atom. The molecule has 1 aromatic rings. The Morgan fingerprint density at radius 3 is 2.88 bits per heavy atom. The van der Waals surface area contributed by atoms with Crippen LogP contribution in [0.1, 0.15) is 44.6 Å². The lowest BCUT2D eigenvalue weighted by atomic mass is 10.1. The maximum atomic E-state index is 5.40. The molecular formula is C18H29N5O. The van der Waals surface area contributed by atoms with Crippen molar-refractivity contribution in [1.82, 2.24) is 20.3 Å². The number of aliphatic imine (C=N–C) groups is 1. The van der Waals surface area contributed by atoms with Crippen LogP contribution >= 0.6 is 0 Å². The standard InChI is InChI=1S/C18H29N5O/c1-4-19-18(20-12-16-11-17(14(2)3)21-24-16)23-10-7-15(13-23)22-8-5-6-9-22/h5-6,11,14-15H,4,7-10,12-13H2,1-3H3,(H,19,20). The zero-order valence-electron chi connectivity index (χ0n) is 15.0. The van der Waals surface area contributed by atoms with Crippen LogP contribution in [0, 0.1) is 0 Å². The van der Waals surface area contributed by atoms with Crippen LogP contribution in [0.15, 0.2) is 27.7 Å². The van der Waals surface area contributed by atoms with Crippen molar-refractivity contribution in [3.05, 3.63) is 29.7 Å². The largest absolute Gasteiger partial charge is 0.359 e. The number of nitrogens with one attached hydrogen (secondary N) is 1. The van der Waals surface area contributed by atoms with Gasteiger partial charge >= 0.3 is 0 Å². The molecule has 3 heterocycles. The summed E-state index contributed by atoms with van der Waals surface area (Å²) in [5.74, 6) is 2.19. The second kappa shape index (κ2) is 7.83. The summed E-state index contributed by atoms with van der Waals surface area (Å²) in [7, 11) is 0. The summed E-state index contributed by atoms with van der Waals surface area (Å²) in [6, 6.07) is 2.64. The highest BCUT2D eigenvalue weighted by Gasteiger charge is 2.29. The summed E-state index contributed by atoms with van der Waals surface area (Å²) in [5, 5.41) is 7.52. The van der Waals surface area contributed by atoms with Crippen molar-refractivity contribution in [2.24, 2.45) is 4.99 Å². The summed E-state index contributed by atoms with van der Waals surface area (Å²) < 4.78 is 5.40. The van der Waals surface area contributed by atoms with E-state index < -0.39 is 0 Å². The minimum atomic E-state index is 0.383. The molecule has 132 valence electrons. The van der Waals surface area contributed by atoms with Crippen molar-refractivity contribution >= 4 is 5.96 Å². The Bertz CT molecular complexity index is 584. The Kier molecular flexibility index (Phi) is 5.56. The molecule has 1 N–H and O–H groups in total.